The van der Waals surface area contributed by atoms with Crippen molar-refractivity contribution in [1.82, 2.24) is 0 Å². The Morgan fingerprint density at radius 1 is 0.929 bits per heavy atom. The van der Waals surface area contributed by atoms with Gasteiger partial charge in [0.25, 0.3) is 0 Å². The number of carbonyl (C=O) groups excluding carboxylic acids is 1. The molecule has 3 aromatic carbocycles. The van der Waals surface area contributed by atoms with Gasteiger partial charge in [-0.05, 0) is 59.7 Å². The summed E-state index contributed by atoms with van der Waals surface area (Å²) in [5, 5.41) is 92.6. The van der Waals surface area contributed by atoms with Crippen molar-refractivity contribution in [1.29, 1.82) is 0 Å². The maximum atomic E-state index is 12.6. The number of ether oxygens (including phenoxy) is 8. The summed E-state index contributed by atoms with van der Waals surface area (Å²) in [6.07, 6.45) is -9.74. The highest BCUT2D eigenvalue weighted by Crippen LogP contribution is 2.35. The third-order valence-electron chi connectivity index (χ3n) is 8.90. The van der Waals surface area contributed by atoms with Crippen LogP contribution in [0.3, 0.4) is 0 Å². The Hall–Kier alpha value is -5.22. The topological polar surface area (TPSA) is 290 Å². The first-order valence-electron chi connectivity index (χ1n) is 16.9. The minimum atomic E-state index is -2.18. The molecule has 56 heavy (non-hydrogen) atoms. The average Bonchev–Trinajstić information content (AvgIpc) is 3.47. The van der Waals surface area contributed by atoms with Crippen molar-refractivity contribution in [3.8, 4) is 34.5 Å². The molecule has 9 atom stereocenters. The number of hydrogen-bond acceptors (Lipinski definition) is 18. The number of carboxylic acids is 1. The Labute approximate surface area is 318 Å². The van der Waals surface area contributed by atoms with Crippen LogP contribution in [0.1, 0.15) is 27.6 Å². The summed E-state index contributed by atoms with van der Waals surface area (Å²) < 4.78 is 43.6. The Bertz CT molecular complexity index is 1870. The highest BCUT2D eigenvalue weighted by molar-refractivity contribution is 5.91. The fraction of sp³-hybridized carbons (Fsp3) is 0.405. The minimum Gasteiger partial charge on any atom is -0.507 e. The fourth-order valence-electron chi connectivity index (χ4n) is 5.71. The quantitative estimate of drug-likeness (QED) is 0.0673. The number of carbonyl (C=O) groups is 2. The van der Waals surface area contributed by atoms with Crippen molar-refractivity contribution in [3.05, 3.63) is 77.4 Å². The van der Waals surface area contributed by atoms with E-state index < -0.39 is 104 Å². The van der Waals surface area contributed by atoms with Crippen LogP contribution in [0.4, 0.5) is 0 Å². The van der Waals surface area contributed by atoms with Gasteiger partial charge in [-0.3, -0.25) is 0 Å². The molecule has 19 heteroatoms. The molecule has 0 amide bonds. The number of hydrogen-bond donors (Lipinski definition) is 9. The van der Waals surface area contributed by atoms with Crippen LogP contribution in [0.25, 0.3) is 6.08 Å². The molecule has 304 valence electrons. The molecule has 0 bridgehead atoms. The van der Waals surface area contributed by atoms with E-state index in [4.69, 9.17) is 37.9 Å². The standard InChI is InChI=1S/C37H42O19/c1-49-26-12-19(5-7-23(26)40)30(43)28(14-38)55-25-9-3-18(11-27(25)50-2)4-10-29(42)52-16-37(48)17-53-36(33(37)45)56-32-31(44)24(41)15-51-35(32)54-20-6-8-22(39)21(13-20)34(46)47/h3-13,24,28,30-33,35-36,38-41,43-45,48H,14-17H2,1-2H3,(H,46,47)/b10-4+/t24-,28+,30-,31+,32-,33+,35+,36+,37-/m1/s1. The molecular formula is C37H42O19. The summed E-state index contributed by atoms with van der Waals surface area (Å²) in [5.41, 5.74) is -1.92. The highest BCUT2D eigenvalue weighted by atomic mass is 16.8. The lowest BCUT2D eigenvalue weighted by atomic mass is 10.0. The average molecular weight is 791 g/mol. The fourth-order valence-corrected chi connectivity index (χ4v) is 5.71. The van der Waals surface area contributed by atoms with Crippen molar-refractivity contribution >= 4 is 18.0 Å². The van der Waals surface area contributed by atoms with E-state index in [0.717, 1.165) is 18.2 Å². The van der Waals surface area contributed by atoms with Crippen molar-refractivity contribution in [3.63, 3.8) is 0 Å². The van der Waals surface area contributed by atoms with Crippen LogP contribution >= 0.6 is 0 Å². The van der Waals surface area contributed by atoms with Crippen LogP contribution in [0.15, 0.2) is 60.7 Å². The van der Waals surface area contributed by atoms with Gasteiger partial charge >= 0.3 is 11.9 Å². The van der Waals surface area contributed by atoms with Crippen molar-refractivity contribution < 1.29 is 93.4 Å². The van der Waals surface area contributed by atoms with E-state index >= 15 is 0 Å². The van der Waals surface area contributed by atoms with Gasteiger partial charge in [0.15, 0.2) is 47.1 Å². The Morgan fingerprint density at radius 3 is 2.36 bits per heavy atom. The summed E-state index contributed by atoms with van der Waals surface area (Å²) in [6, 6.07) is 12.0. The van der Waals surface area contributed by atoms with E-state index in [1.54, 1.807) is 6.07 Å². The SMILES string of the molecule is COc1cc([C@@H](O)[C@H](CO)Oc2ccc(/C=C/C(=O)OC[C@@]3(O)CO[C@@H](O[C@H]4[C@H](Oc5ccc(O)c(C(=O)O)c5)OC[C@@H](O)[C@@H]4O)[C@@H]3O)cc2OC)ccc1O. The number of rotatable bonds is 16. The molecule has 2 saturated heterocycles. The first kappa shape index (κ1) is 41.9. The second kappa shape index (κ2) is 18.2. The van der Waals surface area contributed by atoms with Gasteiger partial charge in [-0.15, -0.1) is 0 Å². The molecule has 0 radical (unpaired) electrons. The van der Waals surface area contributed by atoms with Crippen molar-refractivity contribution in [2.75, 3.05) is 40.6 Å². The number of benzene rings is 3. The van der Waals surface area contributed by atoms with Gasteiger partial charge in [0.05, 0.1) is 34.0 Å². The molecule has 2 heterocycles. The van der Waals surface area contributed by atoms with E-state index in [0.29, 0.717) is 11.1 Å². The molecule has 2 aliphatic rings. The molecule has 2 fully saturated rings. The number of aromatic hydroxyl groups is 2. The van der Waals surface area contributed by atoms with Gasteiger partial charge in [-0.2, -0.15) is 0 Å². The third-order valence-corrected chi connectivity index (χ3v) is 8.90. The maximum absolute atomic E-state index is 12.6. The van der Waals surface area contributed by atoms with Gasteiger partial charge in [-0.1, -0.05) is 12.1 Å². The number of phenolic OH excluding ortho intramolecular Hbond substituents is 1. The van der Waals surface area contributed by atoms with Gasteiger partial charge in [0.2, 0.25) is 6.29 Å². The molecule has 0 unspecified atom stereocenters. The lowest BCUT2D eigenvalue weighted by molar-refractivity contribution is -0.297. The molecule has 0 aliphatic carbocycles. The lowest BCUT2D eigenvalue weighted by Gasteiger charge is -2.39. The molecule has 0 saturated carbocycles. The minimum absolute atomic E-state index is 0.103. The van der Waals surface area contributed by atoms with Crippen LogP contribution in [-0.4, -0.2) is 147 Å². The van der Waals surface area contributed by atoms with E-state index in [9.17, 15) is 55.5 Å². The van der Waals surface area contributed by atoms with E-state index in [1.807, 2.05) is 0 Å². The number of esters is 1. The maximum Gasteiger partial charge on any atom is 0.339 e. The molecular weight excluding hydrogens is 748 g/mol. The zero-order chi connectivity index (χ0) is 40.7. The summed E-state index contributed by atoms with van der Waals surface area (Å²) in [6.45, 7) is -2.35. The number of methoxy groups -OCH3 is 2. The number of aliphatic hydroxyl groups is 6. The normalized spacial score (nSPS) is 26.0. The van der Waals surface area contributed by atoms with Gasteiger partial charge in [0.1, 0.15) is 48.1 Å². The zero-order valence-corrected chi connectivity index (χ0v) is 29.9. The number of carboxylic acid groups (broad SMARTS) is 1. The van der Waals surface area contributed by atoms with Gasteiger partial charge < -0.3 is 83.9 Å². The third kappa shape index (κ3) is 9.59. The Balaban J connectivity index is 1.17. The van der Waals surface area contributed by atoms with Crippen LogP contribution in [0.2, 0.25) is 0 Å². The van der Waals surface area contributed by atoms with Crippen molar-refractivity contribution in [2.45, 2.75) is 54.8 Å². The number of aliphatic hydroxyl groups excluding tert-OH is 5. The van der Waals surface area contributed by atoms with E-state index in [2.05, 4.69) is 0 Å². The molecule has 3 aromatic rings. The predicted molar refractivity (Wildman–Crippen MR) is 187 cm³/mol. The van der Waals surface area contributed by atoms with E-state index in [-0.39, 0.29) is 28.7 Å². The molecule has 0 spiro atoms. The van der Waals surface area contributed by atoms with Crippen LogP contribution in [0, 0.1) is 0 Å². The summed E-state index contributed by atoms with van der Waals surface area (Å²) in [5.74, 6) is -2.69. The molecule has 0 aromatic heterocycles. The summed E-state index contributed by atoms with van der Waals surface area (Å²) in [7, 11) is 2.71. The first-order valence-corrected chi connectivity index (χ1v) is 16.9. The molecule has 19 nitrogen and oxygen atoms in total. The Kier molecular flexibility index (Phi) is 13.6. The number of phenols is 2. The van der Waals surface area contributed by atoms with Crippen LogP contribution in [0.5, 0.6) is 34.5 Å². The second-order valence-corrected chi connectivity index (χ2v) is 12.8. The second-order valence-electron chi connectivity index (χ2n) is 12.8. The number of aromatic carboxylic acids is 1. The lowest BCUT2D eigenvalue weighted by Crippen LogP contribution is -2.58. The largest absolute Gasteiger partial charge is 0.507 e. The molecule has 9 N–H and O–H groups in total. The van der Waals surface area contributed by atoms with Crippen LogP contribution < -0.4 is 18.9 Å². The summed E-state index contributed by atoms with van der Waals surface area (Å²) in [4.78, 5) is 24.0. The highest BCUT2D eigenvalue weighted by Gasteiger charge is 2.53. The van der Waals surface area contributed by atoms with Gasteiger partial charge in [0, 0.05) is 6.08 Å². The van der Waals surface area contributed by atoms with E-state index in [1.165, 1.54) is 56.7 Å². The Morgan fingerprint density at radius 2 is 1.66 bits per heavy atom. The first-order chi connectivity index (χ1) is 26.7. The molecule has 5 rings (SSSR count). The summed E-state index contributed by atoms with van der Waals surface area (Å²) >= 11 is 0. The monoisotopic (exact) mass is 790 g/mol. The van der Waals surface area contributed by atoms with Gasteiger partial charge in [-0.25, -0.2) is 9.59 Å². The smallest absolute Gasteiger partial charge is 0.339 e. The molecule has 2 aliphatic heterocycles. The predicted octanol–water partition coefficient (Wildman–Crippen LogP) is -0.167. The van der Waals surface area contributed by atoms with Crippen molar-refractivity contribution in [2.24, 2.45) is 0 Å². The zero-order valence-electron chi connectivity index (χ0n) is 29.9. The van der Waals surface area contributed by atoms with Crippen LogP contribution in [-0.2, 0) is 23.7 Å².